The molecular weight excluding hydrogens is 412 g/mol. The van der Waals surface area contributed by atoms with E-state index < -0.39 is 5.97 Å². The lowest BCUT2D eigenvalue weighted by molar-refractivity contribution is -0.117. The number of halogens is 1. The summed E-state index contributed by atoms with van der Waals surface area (Å²) in [4.78, 5) is 26.8. The molecule has 152 valence electrons. The number of nitrogens with zero attached hydrogens (tertiary/aromatic N) is 3. The first-order valence-electron chi connectivity index (χ1n) is 8.79. The van der Waals surface area contributed by atoms with Crippen LogP contribution >= 0.6 is 22.9 Å². The third-order valence-electron chi connectivity index (χ3n) is 4.22. The van der Waals surface area contributed by atoms with Crippen molar-refractivity contribution in [2.24, 2.45) is 7.05 Å². The maximum atomic E-state index is 12.5. The SMILES string of the molecule is COC(=O)c1c(-c2ccccc2Cl)csc1NC(=O)CN(C)Cc1cnn(C)c1. The number of carbonyl (C=O) groups is 2. The molecule has 0 aliphatic rings. The normalized spacial score (nSPS) is 10.9. The number of hydrogen-bond acceptors (Lipinski definition) is 6. The molecule has 0 spiro atoms. The fourth-order valence-electron chi connectivity index (χ4n) is 2.96. The zero-order valence-corrected chi connectivity index (χ0v) is 17.9. The van der Waals surface area contributed by atoms with Crippen LogP contribution in [0, 0.1) is 0 Å². The number of aryl methyl sites for hydroxylation is 1. The van der Waals surface area contributed by atoms with E-state index in [1.54, 1.807) is 22.3 Å². The summed E-state index contributed by atoms with van der Waals surface area (Å²) in [6.07, 6.45) is 3.66. The molecule has 0 aliphatic heterocycles. The molecule has 0 aliphatic carbocycles. The van der Waals surface area contributed by atoms with Gasteiger partial charge < -0.3 is 10.1 Å². The molecular formula is C20H21ClN4O3S. The Bertz CT molecular complexity index is 1030. The van der Waals surface area contributed by atoms with Crippen molar-refractivity contribution in [3.63, 3.8) is 0 Å². The first-order chi connectivity index (χ1) is 13.9. The fraction of sp³-hybridized carbons (Fsp3) is 0.250. The second kappa shape index (κ2) is 9.21. The van der Waals surface area contributed by atoms with Crippen LogP contribution in [0.3, 0.4) is 0 Å². The van der Waals surface area contributed by atoms with Gasteiger partial charge in [0, 0.05) is 46.9 Å². The van der Waals surface area contributed by atoms with E-state index in [4.69, 9.17) is 16.3 Å². The van der Waals surface area contributed by atoms with Crippen LogP contribution in [-0.2, 0) is 23.1 Å². The highest BCUT2D eigenvalue weighted by Gasteiger charge is 2.23. The molecule has 3 rings (SSSR count). The monoisotopic (exact) mass is 432 g/mol. The van der Waals surface area contributed by atoms with Gasteiger partial charge in [0.15, 0.2) is 0 Å². The molecule has 2 heterocycles. The molecule has 1 aromatic carbocycles. The molecule has 2 aromatic heterocycles. The van der Waals surface area contributed by atoms with E-state index in [-0.39, 0.29) is 12.5 Å². The van der Waals surface area contributed by atoms with Crippen molar-refractivity contribution >= 4 is 39.8 Å². The highest BCUT2D eigenvalue weighted by molar-refractivity contribution is 7.15. The number of anilines is 1. The number of thiophene rings is 1. The van der Waals surface area contributed by atoms with Crippen molar-refractivity contribution in [1.29, 1.82) is 0 Å². The number of hydrogen-bond donors (Lipinski definition) is 1. The number of benzene rings is 1. The Kier molecular flexibility index (Phi) is 6.68. The van der Waals surface area contributed by atoms with Crippen molar-refractivity contribution in [2.75, 3.05) is 26.0 Å². The maximum absolute atomic E-state index is 12.5. The van der Waals surface area contributed by atoms with Gasteiger partial charge in [-0.2, -0.15) is 5.10 Å². The van der Waals surface area contributed by atoms with Gasteiger partial charge in [0.25, 0.3) is 0 Å². The highest BCUT2D eigenvalue weighted by atomic mass is 35.5. The summed E-state index contributed by atoms with van der Waals surface area (Å²) in [5, 5.41) is 9.70. The predicted octanol–water partition coefficient (Wildman–Crippen LogP) is 3.66. The standard InChI is InChI=1S/C20H21ClN4O3S/c1-24(9-13-8-22-25(2)10-13)11-17(26)23-19-18(20(27)28-3)15(12-29-19)14-6-4-5-7-16(14)21/h4-8,10,12H,9,11H2,1-3H3,(H,23,26). The van der Waals surface area contributed by atoms with Gasteiger partial charge in [0.2, 0.25) is 5.91 Å². The topological polar surface area (TPSA) is 76.5 Å². The number of ether oxygens (including phenoxy) is 1. The van der Waals surface area contributed by atoms with Gasteiger partial charge >= 0.3 is 5.97 Å². The molecule has 0 fully saturated rings. The Labute approximate surface area is 177 Å². The van der Waals surface area contributed by atoms with E-state index >= 15 is 0 Å². The average Bonchev–Trinajstić information content (AvgIpc) is 3.27. The minimum Gasteiger partial charge on any atom is -0.465 e. The number of nitrogens with one attached hydrogen (secondary N) is 1. The number of rotatable bonds is 7. The Morgan fingerprint density at radius 3 is 2.72 bits per heavy atom. The van der Waals surface area contributed by atoms with Crippen LogP contribution in [0.5, 0.6) is 0 Å². The van der Waals surface area contributed by atoms with Crippen LogP contribution in [0.25, 0.3) is 11.1 Å². The fourth-order valence-corrected chi connectivity index (χ4v) is 4.17. The third kappa shape index (κ3) is 5.03. The van der Waals surface area contributed by atoms with Crippen molar-refractivity contribution in [1.82, 2.24) is 14.7 Å². The molecule has 0 atom stereocenters. The van der Waals surface area contributed by atoms with Gasteiger partial charge in [0.05, 0.1) is 19.9 Å². The van der Waals surface area contributed by atoms with E-state index in [2.05, 4.69) is 10.4 Å². The third-order valence-corrected chi connectivity index (χ3v) is 5.45. The minimum absolute atomic E-state index is 0.162. The van der Waals surface area contributed by atoms with Gasteiger partial charge in [0.1, 0.15) is 10.6 Å². The number of methoxy groups -OCH3 is 1. The lowest BCUT2D eigenvalue weighted by atomic mass is 10.0. The van der Waals surface area contributed by atoms with Crippen molar-refractivity contribution < 1.29 is 14.3 Å². The predicted molar refractivity (Wildman–Crippen MR) is 114 cm³/mol. The molecule has 9 heteroatoms. The van der Waals surface area contributed by atoms with Crippen LogP contribution in [-0.4, -0.2) is 47.3 Å². The number of esters is 1. The molecule has 3 aromatic rings. The second-order valence-corrected chi connectivity index (χ2v) is 7.85. The number of likely N-dealkylation sites (N-methyl/N-ethyl adjacent to an activating group) is 1. The highest BCUT2D eigenvalue weighted by Crippen LogP contribution is 2.39. The van der Waals surface area contributed by atoms with Crippen LogP contribution in [0.1, 0.15) is 15.9 Å². The summed E-state index contributed by atoms with van der Waals surface area (Å²) in [6.45, 7) is 0.745. The molecule has 29 heavy (non-hydrogen) atoms. The summed E-state index contributed by atoms with van der Waals surface area (Å²) in [7, 11) is 5.00. The van der Waals surface area contributed by atoms with Crippen molar-refractivity contribution in [3.05, 3.63) is 58.2 Å². The van der Waals surface area contributed by atoms with Gasteiger partial charge in [-0.3, -0.25) is 14.4 Å². The molecule has 7 nitrogen and oxygen atoms in total. The van der Waals surface area contributed by atoms with Crippen LogP contribution in [0.2, 0.25) is 5.02 Å². The lowest BCUT2D eigenvalue weighted by Crippen LogP contribution is -2.30. The molecule has 1 N–H and O–H groups in total. The van der Waals surface area contributed by atoms with E-state index in [9.17, 15) is 9.59 Å². The Balaban J connectivity index is 1.77. The van der Waals surface area contributed by atoms with Crippen LogP contribution in [0.4, 0.5) is 5.00 Å². The summed E-state index contributed by atoms with van der Waals surface area (Å²) >= 11 is 7.56. The first kappa shape index (κ1) is 21.0. The quantitative estimate of drug-likeness (QED) is 0.576. The first-order valence-corrected chi connectivity index (χ1v) is 10.1. The molecule has 1 amide bonds. The number of aromatic nitrogens is 2. The second-order valence-electron chi connectivity index (χ2n) is 6.57. The van der Waals surface area contributed by atoms with E-state index in [0.29, 0.717) is 33.3 Å². The Morgan fingerprint density at radius 1 is 1.31 bits per heavy atom. The summed E-state index contributed by atoms with van der Waals surface area (Å²) in [5.41, 5.74) is 2.65. The van der Waals surface area contributed by atoms with Crippen LogP contribution in [0.15, 0.2) is 42.0 Å². The largest absolute Gasteiger partial charge is 0.465 e. The number of amides is 1. The van der Waals surface area contributed by atoms with Crippen molar-refractivity contribution in [3.8, 4) is 11.1 Å². The molecule has 0 unspecified atom stereocenters. The van der Waals surface area contributed by atoms with Gasteiger partial charge in [-0.25, -0.2) is 4.79 Å². The zero-order chi connectivity index (χ0) is 21.0. The number of carbonyl (C=O) groups excluding carboxylic acids is 2. The van der Waals surface area contributed by atoms with Crippen molar-refractivity contribution in [2.45, 2.75) is 6.54 Å². The van der Waals surface area contributed by atoms with E-state index in [1.165, 1.54) is 18.4 Å². The lowest BCUT2D eigenvalue weighted by Gasteiger charge is -2.15. The molecule has 0 radical (unpaired) electrons. The summed E-state index contributed by atoms with van der Waals surface area (Å²) < 4.78 is 6.65. The average molecular weight is 433 g/mol. The summed E-state index contributed by atoms with van der Waals surface area (Å²) in [6, 6.07) is 7.23. The minimum atomic E-state index is -0.528. The van der Waals surface area contributed by atoms with Crippen LogP contribution < -0.4 is 5.32 Å². The van der Waals surface area contributed by atoms with Gasteiger partial charge in [-0.1, -0.05) is 29.8 Å². The zero-order valence-electron chi connectivity index (χ0n) is 16.3. The van der Waals surface area contributed by atoms with Gasteiger partial charge in [-0.15, -0.1) is 11.3 Å². The molecule has 0 saturated heterocycles. The molecule has 0 bridgehead atoms. The van der Waals surface area contributed by atoms with Gasteiger partial charge in [-0.05, 0) is 13.1 Å². The maximum Gasteiger partial charge on any atom is 0.341 e. The Hall–Kier alpha value is -2.68. The summed E-state index contributed by atoms with van der Waals surface area (Å²) in [5.74, 6) is -0.755. The van der Waals surface area contributed by atoms with E-state index in [1.807, 2.05) is 43.4 Å². The smallest absolute Gasteiger partial charge is 0.341 e. The molecule has 0 saturated carbocycles. The Morgan fingerprint density at radius 2 is 2.07 bits per heavy atom. The van der Waals surface area contributed by atoms with E-state index in [0.717, 1.165) is 5.56 Å².